The van der Waals surface area contributed by atoms with Gasteiger partial charge in [-0.15, -0.1) is 0 Å². The molecule has 0 aromatic rings. The number of esters is 2. The summed E-state index contributed by atoms with van der Waals surface area (Å²) in [7, 11) is 0. The molecule has 23 heavy (non-hydrogen) atoms. The van der Waals surface area contributed by atoms with Gasteiger partial charge in [0.25, 0.3) is 0 Å². The van der Waals surface area contributed by atoms with E-state index in [-0.39, 0.29) is 11.9 Å². The Morgan fingerprint density at radius 2 is 0.957 bits per heavy atom. The summed E-state index contributed by atoms with van der Waals surface area (Å²) in [6.07, 6.45) is 8.96. The van der Waals surface area contributed by atoms with E-state index in [9.17, 15) is 9.59 Å². The van der Waals surface area contributed by atoms with Crippen LogP contribution in [0.2, 0.25) is 0 Å². The number of carbonyl (C=O) groups excluding carboxylic acids is 2. The van der Waals surface area contributed by atoms with Crippen molar-refractivity contribution in [1.82, 2.24) is 0 Å². The first-order valence-electron chi connectivity index (χ1n) is 9.23. The van der Waals surface area contributed by atoms with Gasteiger partial charge in [-0.2, -0.15) is 0 Å². The van der Waals surface area contributed by atoms with Crippen LogP contribution >= 0.6 is 0 Å². The smallest absolute Gasteiger partial charge is 0.313 e. The standard InChI is InChI=1S/C20H38O3/c1-19(2,3)15-11-7-9-13-17(21)23-18(22)14-10-8-12-16-20(4,5)6/h7-16H2,1-6H3. The van der Waals surface area contributed by atoms with Crippen molar-refractivity contribution in [2.45, 2.75) is 106 Å². The maximum atomic E-state index is 11.6. The number of ether oxygens (including phenoxy) is 1. The zero-order valence-corrected chi connectivity index (χ0v) is 16.3. The van der Waals surface area contributed by atoms with Gasteiger partial charge in [-0.3, -0.25) is 9.59 Å². The van der Waals surface area contributed by atoms with Crippen molar-refractivity contribution in [3.63, 3.8) is 0 Å². The van der Waals surface area contributed by atoms with E-state index in [1.54, 1.807) is 0 Å². The maximum Gasteiger partial charge on any atom is 0.313 e. The van der Waals surface area contributed by atoms with E-state index in [1.807, 2.05) is 0 Å². The number of unbranched alkanes of at least 4 members (excludes halogenated alkanes) is 4. The molecular formula is C20H38O3. The van der Waals surface area contributed by atoms with Crippen LogP contribution in [-0.4, -0.2) is 11.9 Å². The van der Waals surface area contributed by atoms with Gasteiger partial charge in [-0.1, -0.05) is 67.2 Å². The summed E-state index contributed by atoms with van der Waals surface area (Å²) in [5, 5.41) is 0. The molecule has 0 N–H and O–H groups in total. The summed E-state index contributed by atoms with van der Waals surface area (Å²) in [6, 6.07) is 0. The van der Waals surface area contributed by atoms with E-state index in [4.69, 9.17) is 4.74 Å². The minimum absolute atomic E-state index is 0.351. The third-order valence-corrected chi connectivity index (χ3v) is 3.84. The molecule has 3 nitrogen and oxygen atoms in total. The van der Waals surface area contributed by atoms with Gasteiger partial charge in [0.05, 0.1) is 0 Å². The monoisotopic (exact) mass is 326 g/mol. The van der Waals surface area contributed by atoms with E-state index >= 15 is 0 Å². The molecule has 0 saturated heterocycles. The second kappa shape index (κ2) is 10.8. The van der Waals surface area contributed by atoms with Crippen LogP contribution in [0.15, 0.2) is 0 Å². The molecule has 0 aromatic carbocycles. The van der Waals surface area contributed by atoms with Gasteiger partial charge < -0.3 is 4.74 Å². The van der Waals surface area contributed by atoms with Gasteiger partial charge >= 0.3 is 11.9 Å². The molecule has 0 aliphatic heterocycles. The highest BCUT2D eigenvalue weighted by Crippen LogP contribution is 2.23. The van der Waals surface area contributed by atoms with E-state index < -0.39 is 0 Å². The summed E-state index contributed by atoms with van der Waals surface area (Å²) in [5.74, 6) is -0.721. The lowest BCUT2D eigenvalue weighted by Gasteiger charge is -2.17. The quantitative estimate of drug-likeness (QED) is 0.279. The van der Waals surface area contributed by atoms with Gasteiger partial charge in [0.1, 0.15) is 0 Å². The van der Waals surface area contributed by atoms with Gasteiger partial charge in [-0.05, 0) is 36.5 Å². The molecule has 0 atom stereocenters. The highest BCUT2D eigenvalue weighted by Gasteiger charge is 2.13. The van der Waals surface area contributed by atoms with Crippen molar-refractivity contribution >= 4 is 11.9 Å². The molecule has 0 fully saturated rings. The molecule has 0 saturated carbocycles. The molecule has 0 aliphatic carbocycles. The zero-order valence-electron chi connectivity index (χ0n) is 16.3. The Bertz CT molecular complexity index is 311. The van der Waals surface area contributed by atoms with Crippen LogP contribution in [0.5, 0.6) is 0 Å². The van der Waals surface area contributed by atoms with Gasteiger partial charge in [0, 0.05) is 12.8 Å². The average molecular weight is 327 g/mol. The normalized spacial score (nSPS) is 12.3. The van der Waals surface area contributed by atoms with Crippen molar-refractivity contribution in [2.75, 3.05) is 0 Å². The first-order chi connectivity index (χ1) is 10.5. The molecule has 0 unspecified atom stereocenters. The van der Waals surface area contributed by atoms with Crippen LogP contribution in [0, 0.1) is 10.8 Å². The van der Waals surface area contributed by atoms with E-state index in [0.717, 1.165) is 51.4 Å². The number of hydrogen-bond acceptors (Lipinski definition) is 3. The van der Waals surface area contributed by atoms with Crippen molar-refractivity contribution in [3.8, 4) is 0 Å². The molecule has 0 heterocycles. The summed E-state index contributed by atoms with van der Waals surface area (Å²) in [5.41, 5.74) is 0.701. The Kier molecular flexibility index (Phi) is 10.4. The van der Waals surface area contributed by atoms with Crippen LogP contribution < -0.4 is 0 Å². The second-order valence-corrected chi connectivity index (χ2v) is 9.09. The predicted octanol–water partition coefficient (Wildman–Crippen LogP) is 6.05. The molecule has 0 radical (unpaired) electrons. The Labute approximate surface area is 143 Å². The summed E-state index contributed by atoms with van der Waals surface area (Å²) in [4.78, 5) is 23.2. The number of carbonyl (C=O) groups is 2. The molecule has 136 valence electrons. The Morgan fingerprint density at radius 1 is 0.609 bits per heavy atom. The van der Waals surface area contributed by atoms with Gasteiger partial charge in [0.15, 0.2) is 0 Å². The molecule has 0 aromatic heterocycles. The summed E-state index contributed by atoms with van der Waals surface area (Å²) >= 11 is 0. The molecular weight excluding hydrogens is 288 g/mol. The van der Waals surface area contributed by atoms with E-state index in [1.165, 1.54) is 0 Å². The Hall–Kier alpha value is -0.860. The zero-order chi connectivity index (χ0) is 17.9. The topological polar surface area (TPSA) is 43.4 Å². The summed E-state index contributed by atoms with van der Waals surface area (Å²) < 4.78 is 4.87. The molecule has 0 bridgehead atoms. The van der Waals surface area contributed by atoms with E-state index in [0.29, 0.717) is 23.7 Å². The third-order valence-electron chi connectivity index (χ3n) is 3.84. The fourth-order valence-electron chi connectivity index (χ4n) is 2.43. The number of hydrogen-bond donors (Lipinski definition) is 0. The lowest BCUT2D eigenvalue weighted by atomic mass is 9.89. The largest absolute Gasteiger partial charge is 0.393 e. The highest BCUT2D eigenvalue weighted by atomic mass is 16.6. The van der Waals surface area contributed by atoms with Crippen LogP contribution in [0.1, 0.15) is 106 Å². The Balaban J connectivity index is 3.57. The first-order valence-corrected chi connectivity index (χ1v) is 9.23. The molecule has 0 aliphatic rings. The minimum atomic E-state index is -0.361. The highest BCUT2D eigenvalue weighted by molar-refractivity contribution is 5.85. The SMILES string of the molecule is CC(C)(C)CCCCCC(=O)OC(=O)CCCCCC(C)(C)C. The fraction of sp³-hybridized carbons (Fsp3) is 0.900. The second-order valence-electron chi connectivity index (χ2n) is 9.09. The molecule has 0 amide bonds. The van der Waals surface area contributed by atoms with E-state index in [2.05, 4.69) is 41.5 Å². The Morgan fingerprint density at radius 3 is 1.26 bits per heavy atom. The van der Waals surface area contributed by atoms with Crippen molar-refractivity contribution in [1.29, 1.82) is 0 Å². The van der Waals surface area contributed by atoms with Crippen LogP contribution in [0.3, 0.4) is 0 Å². The van der Waals surface area contributed by atoms with Crippen molar-refractivity contribution in [2.24, 2.45) is 10.8 Å². The minimum Gasteiger partial charge on any atom is -0.393 e. The predicted molar refractivity (Wildman–Crippen MR) is 96.2 cm³/mol. The van der Waals surface area contributed by atoms with Crippen molar-refractivity contribution < 1.29 is 14.3 Å². The molecule has 0 rings (SSSR count). The van der Waals surface area contributed by atoms with Crippen LogP contribution in [-0.2, 0) is 14.3 Å². The lowest BCUT2D eigenvalue weighted by molar-refractivity contribution is -0.159. The molecule has 3 heteroatoms. The fourth-order valence-corrected chi connectivity index (χ4v) is 2.43. The van der Waals surface area contributed by atoms with Crippen LogP contribution in [0.25, 0.3) is 0 Å². The molecule has 0 spiro atoms. The average Bonchev–Trinajstić information content (AvgIpc) is 2.35. The lowest BCUT2D eigenvalue weighted by Crippen LogP contribution is -2.12. The van der Waals surface area contributed by atoms with Crippen LogP contribution in [0.4, 0.5) is 0 Å². The van der Waals surface area contributed by atoms with Gasteiger partial charge in [-0.25, -0.2) is 0 Å². The van der Waals surface area contributed by atoms with Crippen molar-refractivity contribution in [3.05, 3.63) is 0 Å². The maximum absolute atomic E-state index is 11.6. The third kappa shape index (κ3) is 17.3. The summed E-state index contributed by atoms with van der Waals surface area (Å²) in [6.45, 7) is 13.3. The number of rotatable bonds is 10. The first kappa shape index (κ1) is 22.1. The van der Waals surface area contributed by atoms with Gasteiger partial charge in [0.2, 0.25) is 0 Å².